The van der Waals surface area contributed by atoms with Gasteiger partial charge in [0.15, 0.2) is 0 Å². The van der Waals surface area contributed by atoms with Crippen LogP contribution in [-0.4, -0.2) is 31.3 Å². The molecule has 2 atom stereocenters. The Bertz CT molecular complexity index is 452. The van der Waals surface area contributed by atoms with E-state index in [1.807, 2.05) is 13.0 Å². The molecule has 1 fully saturated rings. The second-order valence-corrected chi connectivity index (χ2v) is 5.99. The van der Waals surface area contributed by atoms with E-state index in [0.29, 0.717) is 5.92 Å². The minimum absolute atomic E-state index is 0.00402. The summed E-state index contributed by atoms with van der Waals surface area (Å²) in [6.45, 7) is 6.98. The molecule has 0 saturated carbocycles. The number of halogens is 1. The van der Waals surface area contributed by atoms with Crippen LogP contribution in [-0.2, 0) is 0 Å². The summed E-state index contributed by atoms with van der Waals surface area (Å²) >= 11 is 0. The number of rotatable bonds is 6. The molecule has 21 heavy (non-hydrogen) atoms. The summed E-state index contributed by atoms with van der Waals surface area (Å²) in [5, 5.41) is 12.8. The number of nitrogens with one attached hydrogen (secondary N) is 1. The zero-order valence-corrected chi connectivity index (χ0v) is 13.1. The third-order valence-corrected chi connectivity index (χ3v) is 4.28. The van der Waals surface area contributed by atoms with Crippen molar-refractivity contribution in [3.8, 4) is 0 Å². The van der Waals surface area contributed by atoms with Gasteiger partial charge in [0.05, 0.1) is 0 Å². The Balaban J connectivity index is 2.24. The number of hydrogen-bond acceptors (Lipinski definition) is 3. The number of piperidine rings is 1. The minimum Gasteiger partial charge on any atom is -0.396 e. The first-order valence-electron chi connectivity index (χ1n) is 8.05. The lowest BCUT2D eigenvalue weighted by Crippen LogP contribution is -2.38. The Morgan fingerprint density at radius 1 is 1.48 bits per heavy atom. The van der Waals surface area contributed by atoms with Crippen LogP contribution < -0.4 is 10.2 Å². The molecule has 0 spiro atoms. The summed E-state index contributed by atoms with van der Waals surface area (Å²) in [5.41, 5.74) is 1.73. The fourth-order valence-electron chi connectivity index (χ4n) is 3.13. The molecule has 1 heterocycles. The molecule has 0 aliphatic carbocycles. The quantitative estimate of drug-likeness (QED) is 0.846. The van der Waals surface area contributed by atoms with Crippen LogP contribution >= 0.6 is 0 Å². The molecule has 2 unspecified atom stereocenters. The molecule has 0 aromatic heterocycles. The Morgan fingerprint density at radius 3 is 3.00 bits per heavy atom. The summed E-state index contributed by atoms with van der Waals surface area (Å²) in [6.07, 6.45) is 3.14. The maximum absolute atomic E-state index is 14.3. The molecule has 4 heteroatoms. The number of nitrogens with zero attached hydrogens (tertiary/aromatic N) is 1. The van der Waals surface area contributed by atoms with Crippen molar-refractivity contribution < 1.29 is 9.50 Å². The van der Waals surface area contributed by atoms with Gasteiger partial charge >= 0.3 is 0 Å². The number of benzene rings is 1. The van der Waals surface area contributed by atoms with Crippen LogP contribution in [0.3, 0.4) is 0 Å². The highest BCUT2D eigenvalue weighted by Gasteiger charge is 2.24. The first-order valence-corrected chi connectivity index (χ1v) is 8.05. The lowest BCUT2D eigenvalue weighted by atomic mass is 9.96. The van der Waals surface area contributed by atoms with Crippen LogP contribution in [0.25, 0.3) is 0 Å². The lowest BCUT2D eigenvalue weighted by Gasteiger charge is -2.36. The molecular formula is C17H27FN2O. The molecule has 1 aromatic rings. The predicted molar refractivity (Wildman–Crippen MR) is 85.1 cm³/mol. The van der Waals surface area contributed by atoms with Crippen LogP contribution in [0.4, 0.5) is 10.1 Å². The topological polar surface area (TPSA) is 35.5 Å². The first-order chi connectivity index (χ1) is 10.2. The SMILES string of the molecule is CCCNC(C)c1c(F)cccc1N1CCCC(CO)C1. The van der Waals surface area contributed by atoms with Crippen molar-refractivity contribution in [1.82, 2.24) is 5.32 Å². The molecule has 1 aromatic carbocycles. The fraction of sp³-hybridized carbons (Fsp3) is 0.647. The predicted octanol–water partition coefficient (Wildman–Crippen LogP) is 3.10. The van der Waals surface area contributed by atoms with Crippen molar-refractivity contribution in [2.45, 2.75) is 39.2 Å². The van der Waals surface area contributed by atoms with Crippen molar-refractivity contribution in [3.05, 3.63) is 29.6 Å². The summed E-state index contributed by atoms with van der Waals surface area (Å²) in [5.74, 6) is 0.156. The highest BCUT2D eigenvalue weighted by atomic mass is 19.1. The van der Waals surface area contributed by atoms with E-state index in [4.69, 9.17) is 0 Å². The van der Waals surface area contributed by atoms with Crippen LogP contribution in [0.15, 0.2) is 18.2 Å². The van der Waals surface area contributed by atoms with Gasteiger partial charge in [0, 0.05) is 37.0 Å². The number of hydrogen-bond donors (Lipinski definition) is 2. The Hall–Kier alpha value is -1.13. The molecular weight excluding hydrogens is 267 g/mol. The summed E-state index contributed by atoms with van der Waals surface area (Å²) in [4.78, 5) is 2.23. The van der Waals surface area contributed by atoms with Crippen molar-refractivity contribution in [2.75, 3.05) is 31.1 Å². The summed E-state index contributed by atoms with van der Waals surface area (Å²) < 4.78 is 14.3. The molecule has 1 saturated heterocycles. The van der Waals surface area contributed by atoms with Gasteiger partial charge < -0.3 is 15.3 Å². The molecule has 0 radical (unpaired) electrons. The van der Waals surface area contributed by atoms with Gasteiger partial charge in [-0.05, 0) is 50.8 Å². The third-order valence-electron chi connectivity index (χ3n) is 4.28. The summed E-state index contributed by atoms with van der Waals surface area (Å²) in [7, 11) is 0. The molecule has 1 aliphatic heterocycles. The molecule has 118 valence electrons. The smallest absolute Gasteiger partial charge is 0.130 e. The first kappa shape index (κ1) is 16.2. The average molecular weight is 294 g/mol. The number of anilines is 1. The van der Waals surface area contributed by atoms with E-state index < -0.39 is 0 Å². The van der Waals surface area contributed by atoms with Crippen molar-refractivity contribution >= 4 is 5.69 Å². The summed E-state index contributed by atoms with van der Waals surface area (Å²) in [6, 6.07) is 5.32. The Kier molecular flexibility index (Phi) is 6.00. The maximum Gasteiger partial charge on any atom is 0.130 e. The molecule has 3 nitrogen and oxygen atoms in total. The second kappa shape index (κ2) is 7.76. The van der Waals surface area contributed by atoms with E-state index in [1.54, 1.807) is 6.07 Å². The average Bonchev–Trinajstić information content (AvgIpc) is 2.52. The lowest BCUT2D eigenvalue weighted by molar-refractivity contribution is 0.208. The monoisotopic (exact) mass is 294 g/mol. The van der Waals surface area contributed by atoms with Gasteiger partial charge in [-0.3, -0.25) is 0 Å². The normalized spacial score (nSPS) is 20.6. The van der Waals surface area contributed by atoms with Gasteiger partial charge in [-0.25, -0.2) is 4.39 Å². The van der Waals surface area contributed by atoms with Gasteiger partial charge in [0.25, 0.3) is 0 Å². The van der Waals surface area contributed by atoms with Crippen LogP contribution in [0.5, 0.6) is 0 Å². The highest BCUT2D eigenvalue weighted by molar-refractivity contribution is 5.56. The Morgan fingerprint density at radius 2 is 2.29 bits per heavy atom. The van der Waals surface area contributed by atoms with Crippen LogP contribution in [0.1, 0.15) is 44.7 Å². The van der Waals surface area contributed by atoms with Crippen LogP contribution in [0.2, 0.25) is 0 Å². The maximum atomic E-state index is 14.3. The van der Waals surface area contributed by atoms with Crippen molar-refractivity contribution in [3.63, 3.8) is 0 Å². The minimum atomic E-state index is -0.144. The molecule has 2 N–H and O–H groups in total. The fourth-order valence-corrected chi connectivity index (χ4v) is 3.13. The molecule has 1 aliphatic rings. The van der Waals surface area contributed by atoms with Crippen molar-refractivity contribution in [1.29, 1.82) is 0 Å². The molecule has 2 rings (SSSR count). The zero-order chi connectivity index (χ0) is 15.2. The van der Waals surface area contributed by atoms with Gasteiger partial charge in [-0.15, -0.1) is 0 Å². The van der Waals surface area contributed by atoms with E-state index in [0.717, 1.165) is 50.1 Å². The van der Waals surface area contributed by atoms with E-state index in [9.17, 15) is 9.50 Å². The second-order valence-electron chi connectivity index (χ2n) is 5.99. The molecule has 0 bridgehead atoms. The van der Waals surface area contributed by atoms with Crippen molar-refractivity contribution in [2.24, 2.45) is 5.92 Å². The molecule has 0 amide bonds. The van der Waals surface area contributed by atoms with Gasteiger partial charge in [0.2, 0.25) is 0 Å². The highest BCUT2D eigenvalue weighted by Crippen LogP contribution is 2.32. The van der Waals surface area contributed by atoms with E-state index in [1.165, 1.54) is 6.07 Å². The largest absolute Gasteiger partial charge is 0.396 e. The van der Waals surface area contributed by atoms with Crippen LogP contribution in [0, 0.1) is 11.7 Å². The zero-order valence-electron chi connectivity index (χ0n) is 13.1. The van der Waals surface area contributed by atoms with E-state index >= 15 is 0 Å². The van der Waals surface area contributed by atoms with Gasteiger partial charge in [0.1, 0.15) is 5.82 Å². The van der Waals surface area contributed by atoms with E-state index in [2.05, 4.69) is 17.1 Å². The number of aliphatic hydroxyl groups is 1. The standard InChI is InChI=1S/C17H27FN2O/c1-3-9-19-13(2)17-15(18)7-4-8-16(17)20-10-5-6-14(11-20)12-21/h4,7-8,13-14,19,21H,3,5-6,9-12H2,1-2H3. The van der Waals surface area contributed by atoms with E-state index in [-0.39, 0.29) is 18.5 Å². The number of aliphatic hydroxyl groups excluding tert-OH is 1. The Labute approximate surface area is 127 Å². The third kappa shape index (κ3) is 3.95. The van der Waals surface area contributed by atoms with Gasteiger partial charge in [-0.2, -0.15) is 0 Å². The van der Waals surface area contributed by atoms with Gasteiger partial charge in [-0.1, -0.05) is 13.0 Å².